The minimum absolute atomic E-state index is 0.0497. The molecule has 2 aromatic carbocycles. The zero-order chi connectivity index (χ0) is 18.0. The third kappa shape index (κ3) is 3.52. The second kappa shape index (κ2) is 6.85. The van der Waals surface area contributed by atoms with Crippen molar-refractivity contribution in [2.75, 3.05) is 12.3 Å². The lowest BCUT2D eigenvalue weighted by Gasteiger charge is -2.35. The molecule has 1 saturated heterocycles. The van der Waals surface area contributed by atoms with Crippen LogP contribution in [-0.2, 0) is 5.72 Å². The quantitative estimate of drug-likeness (QED) is 0.665. The third-order valence-electron chi connectivity index (χ3n) is 4.23. The molecule has 1 fully saturated rings. The Morgan fingerprint density at radius 2 is 2.00 bits per heavy atom. The van der Waals surface area contributed by atoms with Crippen LogP contribution in [0.15, 0.2) is 53.5 Å². The first-order valence-corrected chi connectivity index (χ1v) is 8.90. The van der Waals surface area contributed by atoms with Gasteiger partial charge in [-0.2, -0.15) is 0 Å². The van der Waals surface area contributed by atoms with E-state index >= 15 is 0 Å². The fourth-order valence-electron chi connectivity index (χ4n) is 2.79. The molecule has 1 atom stereocenters. The lowest BCUT2D eigenvalue weighted by molar-refractivity contribution is -0.384. The van der Waals surface area contributed by atoms with Crippen LogP contribution in [0.2, 0.25) is 0 Å². The van der Waals surface area contributed by atoms with E-state index in [9.17, 15) is 15.2 Å². The summed E-state index contributed by atoms with van der Waals surface area (Å²) in [4.78, 5) is 17.0. The fourth-order valence-corrected chi connectivity index (χ4v) is 3.83. The maximum absolute atomic E-state index is 11.1. The summed E-state index contributed by atoms with van der Waals surface area (Å²) in [5.41, 5.74) is 1.08. The van der Waals surface area contributed by atoms with E-state index in [0.29, 0.717) is 17.4 Å². The Morgan fingerprint density at radius 3 is 2.64 bits per heavy atom. The molecular weight excluding hydrogens is 338 g/mol. The van der Waals surface area contributed by atoms with E-state index in [2.05, 4.69) is 4.99 Å². The van der Waals surface area contributed by atoms with Crippen molar-refractivity contribution in [1.82, 2.24) is 4.90 Å². The molecule has 0 spiro atoms. The number of nitrogens with zero attached hydrogens (tertiary/aromatic N) is 3. The van der Waals surface area contributed by atoms with E-state index in [1.165, 1.54) is 12.1 Å². The number of aliphatic imine (C=N–C) groups is 1. The molecule has 0 bridgehead atoms. The smallest absolute Gasteiger partial charge is 0.269 e. The van der Waals surface area contributed by atoms with Gasteiger partial charge in [0.15, 0.2) is 10.9 Å². The number of nitro groups is 1. The molecule has 1 heterocycles. The van der Waals surface area contributed by atoms with Crippen molar-refractivity contribution in [3.63, 3.8) is 0 Å². The van der Waals surface area contributed by atoms with Crippen LogP contribution in [0.5, 0.6) is 0 Å². The van der Waals surface area contributed by atoms with Gasteiger partial charge in [-0.1, -0.05) is 42.1 Å². The van der Waals surface area contributed by atoms with Crippen molar-refractivity contribution in [1.29, 1.82) is 0 Å². The predicted molar refractivity (Wildman–Crippen MR) is 100 cm³/mol. The number of hydrogen-bond donors (Lipinski definition) is 1. The van der Waals surface area contributed by atoms with Crippen molar-refractivity contribution < 1.29 is 10.0 Å². The maximum atomic E-state index is 11.1. The molecule has 1 unspecified atom stereocenters. The number of thioether (sulfide) groups is 1. The highest BCUT2D eigenvalue weighted by Crippen LogP contribution is 2.34. The highest BCUT2D eigenvalue weighted by molar-refractivity contribution is 8.14. The molecule has 0 aliphatic carbocycles. The summed E-state index contributed by atoms with van der Waals surface area (Å²) in [6.07, 6.45) is 0. The summed E-state index contributed by atoms with van der Waals surface area (Å²) in [6.45, 7) is 4.23. The van der Waals surface area contributed by atoms with Gasteiger partial charge in [0.2, 0.25) is 0 Å². The molecule has 0 saturated carbocycles. The largest absolute Gasteiger partial charge is 0.367 e. The van der Waals surface area contributed by atoms with E-state index < -0.39 is 10.6 Å². The van der Waals surface area contributed by atoms with Crippen molar-refractivity contribution in [2.45, 2.75) is 19.6 Å². The Labute approximate surface area is 150 Å². The SMILES string of the molecule is Cc1cc([N+](=O)[O-])ccc1N=C1SCCN1C(C)(O)c1ccccc1. The average molecular weight is 357 g/mol. The highest BCUT2D eigenvalue weighted by atomic mass is 32.2. The van der Waals surface area contributed by atoms with Crippen LogP contribution in [0.4, 0.5) is 11.4 Å². The Balaban J connectivity index is 1.94. The Hall–Kier alpha value is -2.38. The number of amidine groups is 1. The van der Waals surface area contributed by atoms with E-state index in [0.717, 1.165) is 16.9 Å². The molecule has 6 nitrogen and oxygen atoms in total. The van der Waals surface area contributed by atoms with Gasteiger partial charge in [-0.3, -0.25) is 10.1 Å². The highest BCUT2D eigenvalue weighted by Gasteiger charge is 2.36. The van der Waals surface area contributed by atoms with Crippen molar-refractivity contribution in [3.05, 3.63) is 69.8 Å². The number of nitro benzene ring substituents is 1. The summed E-state index contributed by atoms with van der Waals surface area (Å²) < 4.78 is 0. The van der Waals surface area contributed by atoms with Gasteiger partial charge in [0.05, 0.1) is 10.6 Å². The van der Waals surface area contributed by atoms with Gasteiger partial charge in [0.25, 0.3) is 5.69 Å². The van der Waals surface area contributed by atoms with Crippen LogP contribution in [0, 0.1) is 17.0 Å². The Kier molecular flexibility index (Phi) is 4.78. The molecular formula is C18H19N3O3S. The van der Waals surface area contributed by atoms with Crippen LogP contribution >= 0.6 is 11.8 Å². The van der Waals surface area contributed by atoms with Crippen molar-refractivity contribution in [3.8, 4) is 0 Å². The molecule has 0 aromatic heterocycles. The first-order chi connectivity index (χ1) is 11.9. The standard InChI is InChI=1S/C18H19N3O3S/c1-13-12-15(21(23)24)8-9-16(13)19-17-20(10-11-25-17)18(2,22)14-6-4-3-5-7-14/h3-9,12,22H,10-11H2,1-2H3. The number of rotatable bonds is 4. The second-order valence-electron chi connectivity index (χ2n) is 6.01. The van der Waals surface area contributed by atoms with Gasteiger partial charge < -0.3 is 10.0 Å². The monoisotopic (exact) mass is 357 g/mol. The summed E-state index contributed by atoms with van der Waals surface area (Å²) in [5, 5.41) is 22.7. The maximum Gasteiger partial charge on any atom is 0.269 e. The molecule has 1 aliphatic rings. The Bertz CT molecular complexity index is 822. The molecule has 0 amide bonds. The molecule has 25 heavy (non-hydrogen) atoms. The first-order valence-electron chi connectivity index (χ1n) is 7.91. The minimum atomic E-state index is -1.17. The number of benzene rings is 2. The van der Waals surface area contributed by atoms with Crippen LogP contribution in [0.25, 0.3) is 0 Å². The second-order valence-corrected chi connectivity index (χ2v) is 7.07. The van der Waals surface area contributed by atoms with Crippen LogP contribution < -0.4 is 0 Å². The van der Waals surface area contributed by atoms with Crippen molar-refractivity contribution in [2.24, 2.45) is 4.99 Å². The molecule has 1 N–H and O–H groups in total. The molecule has 1 aliphatic heterocycles. The zero-order valence-corrected chi connectivity index (χ0v) is 14.9. The van der Waals surface area contributed by atoms with Crippen molar-refractivity contribution >= 4 is 28.3 Å². The molecule has 7 heteroatoms. The predicted octanol–water partition coefficient (Wildman–Crippen LogP) is 3.80. The Morgan fingerprint density at radius 1 is 1.28 bits per heavy atom. The van der Waals surface area contributed by atoms with Crippen LogP contribution in [0.3, 0.4) is 0 Å². The van der Waals surface area contributed by atoms with Gasteiger partial charge in [0.1, 0.15) is 0 Å². The number of non-ortho nitro benzene ring substituents is 1. The number of aliphatic hydroxyl groups is 1. The zero-order valence-electron chi connectivity index (χ0n) is 14.0. The molecule has 3 rings (SSSR count). The van der Waals surface area contributed by atoms with Gasteiger partial charge >= 0.3 is 0 Å². The first kappa shape index (κ1) is 17.4. The van der Waals surface area contributed by atoms with Gasteiger partial charge in [0, 0.05) is 30.0 Å². The average Bonchev–Trinajstić information content (AvgIpc) is 3.06. The topological polar surface area (TPSA) is 79.0 Å². The number of hydrogen-bond acceptors (Lipinski definition) is 5. The van der Waals surface area contributed by atoms with E-state index in [-0.39, 0.29) is 5.69 Å². The van der Waals surface area contributed by atoms with E-state index in [1.54, 1.807) is 31.7 Å². The van der Waals surface area contributed by atoms with Crippen LogP contribution in [-0.4, -0.2) is 32.4 Å². The molecule has 2 aromatic rings. The summed E-state index contributed by atoms with van der Waals surface area (Å²) in [5.74, 6) is 0.827. The number of aryl methyl sites for hydroxylation is 1. The summed E-state index contributed by atoms with van der Waals surface area (Å²) in [7, 11) is 0. The lowest BCUT2D eigenvalue weighted by atomic mass is 10.0. The van der Waals surface area contributed by atoms with Gasteiger partial charge in [-0.05, 0) is 25.5 Å². The van der Waals surface area contributed by atoms with Crippen LogP contribution in [0.1, 0.15) is 18.1 Å². The minimum Gasteiger partial charge on any atom is -0.367 e. The van der Waals surface area contributed by atoms with Gasteiger partial charge in [-0.25, -0.2) is 4.99 Å². The summed E-state index contributed by atoms with van der Waals surface area (Å²) >= 11 is 1.57. The summed E-state index contributed by atoms with van der Waals surface area (Å²) in [6, 6.07) is 14.1. The molecule has 0 radical (unpaired) electrons. The van der Waals surface area contributed by atoms with Gasteiger partial charge in [-0.15, -0.1) is 0 Å². The normalized spacial score (nSPS) is 18.4. The molecule has 130 valence electrons. The van der Waals surface area contributed by atoms with E-state index in [1.807, 2.05) is 35.2 Å². The fraction of sp³-hybridized carbons (Fsp3) is 0.278. The van der Waals surface area contributed by atoms with E-state index in [4.69, 9.17) is 0 Å². The lowest BCUT2D eigenvalue weighted by Crippen LogP contribution is -2.44. The third-order valence-corrected chi connectivity index (χ3v) is 5.19.